The predicted octanol–water partition coefficient (Wildman–Crippen LogP) is 3.92. The maximum absolute atomic E-state index is 12.0. The average Bonchev–Trinajstić information content (AvgIpc) is 2.46. The minimum absolute atomic E-state index is 0.0242. The van der Waals surface area contributed by atoms with Crippen molar-refractivity contribution in [3.63, 3.8) is 0 Å². The fourth-order valence-electron chi connectivity index (χ4n) is 2.04. The van der Waals surface area contributed by atoms with E-state index in [2.05, 4.69) is 39.9 Å². The van der Waals surface area contributed by atoms with E-state index in [-0.39, 0.29) is 16.9 Å². The summed E-state index contributed by atoms with van der Waals surface area (Å²) in [5.41, 5.74) is 1.95. The van der Waals surface area contributed by atoms with Crippen LogP contribution in [0.2, 0.25) is 0 Å². The van der Waals surface area contributed by atoms with Crippen molar-refractivity contribution in [3.8, 4) is 0 Å². The number of benzene rings is 1. The minimum Gasteiger partial charge on any atom is -0.462 e. The van der Waals surface area contributed by atoms with Gasteiger partial charge >= 0.3 is 5.97 Å². The Labute approximate surface area is 129 Å². The van der Waals surface area contributed by atoms with Crippen LogP contribution in [-0.4, -0.2) is 25.2 Å². The van der Waals surface area contributed by atoms with Gasteiger partial charge in [-0.15, -0.1) is 0 Å². The first-order valence-corrected chi connectivity index (χ1v) is 7.68. The van der Waals surface area contributed by atoms with Crippen LogP contribution in [0.5, 0.6) is 0 Å². The highest BCUT2D eigenvalue weighted by Crippen LogP contribution is 2.22. The summed E-state index contributed by atoms with van der Waals surface area (Å²) in [7, 11) is 1.94. The number of ether oxygens (including phenoxy) is 1. The largest absolute Gasteiger partial charge is 0.462 e. The zero-order valence-corrected chi connectivity index (χ0v) is 14.2. The van der Waals surface area contributed by atoms with Gasteiger partial charge in [0.05, 0.1) is 12.2 Å². The van der Waals surface area contributed by atoms with Crippen molar-refractivity contribution in [3.05, 3.63) is 35.4 Å². The SMILES string of the molecule is CCC(C)(CCOC(=O)c1ccc(C(C)(C)C)cc1)NC. The number of carbonyl (C=O) groups is 1. The lowest BCUT2D eigenvalue weighted by atomic mass is 9.87. The first-order valence-electron chi connectivity index (χ1n) is 7.68. The number of esters is 1. The lowest BCUT2D eigenvalue weighted by Gasteiger charge is -2.27. The smallest absolute Gasteiger partial charge is 0.338 e. The Bertz CT molecular complexity index is 453. The summed E-state index contributed by atoms with van der Waals surface area (Å²) in [6.45, 7) is 11.2. The Kier molecular flexibility index (Phi) is 5.97. The highest BCUT2D eigenvalue weighted by atomic mass is 16.5. The summed E-state index contributed by atoms with van der Waals surface area (Å²) in [6.07, 6.45) is 1.81. The number of rotatable bonds is 6. The quantitative estimate of drug-likeness (QED) is 0.807. The molecule has 1 N–H and O–H groups in total. The molecule has 3 heteroatoms. The Balaban J connectivity index is 2.57. The van der Waals surface area contributed by atoms with Crippen LogP contribution in [0.1, 0.15) is 63.4 Å². The normalized spacial score (nSPS) is 14.6. The van der Waals surface area contributed by atoms with E-state index in [0.29, 0.717) is 12.2 Å². The summed E-state index contributed by atoms with van der Waals surface area (Å²) in [6, 6.07) is 7.70. The van der Waals surface area contributed by atoms with Crippen molar-refractivity contribution in [1.82, 2.24) is 5.32 Å². The number of carbonyl (C=O) groups excluding carboxylic acids is 1. The van der Waals surface area contributed by atoms with Gasteiger partial charge < -0.3 is 10.1 Å². The van der Waals surface area contributed by atoms with Gasteiger partial charge in [-0.1, -0.05) is 39.8 Å². The highest BCUT2D eigenvalue weighted by Gasteiger charge is 2.20. The third-order valence-electron chi connectivity index (χ3n) is 4.26. The van der Waals surface area contributed by atoms with Crippen molar-refractivity contribution < 1.29 is 9.53 Å². The topological polar surface area (TPSA) is 38.3 Å². The van der Waals surface area contributed by atoms with E-state index >= 15 is 0 Å². The van der Waals surface area contributed by atoms with Gasteiger partial charge in [-0.3, -0.25) is 0 Å². The van der Waals surface area contributed by atoms with E-state index < -0.39 is 0 Å². The second kappa shape index (κ2) is 7.08. The van der Waals surface area contributed by atoms with Crippen LogP contribution >= 0.6 is 0 Å². The molecule has 1 atom stereocenters. The van der Waals surface area contributed by atoms with E-state index in [1.807, 2.05) is 31.3 Å². The van der Waals surface area contributed by atoms with Crippen molar-refractivity contribution >= 4 is 5.97 Å². The van der Waals surface area contributed by atoms with E-state index in [9.17, 15) is 4.79 Å². The Hall–Kier alpha value is -1.35. The zero-order chi connectivity index (χ0) is 16.1. The van der Waals surface area contributed by atoms with Gasteiger partial charge in [0.2, 0.25) is 0 Å². The molecule has 118 valence electrons. The van der Waals surface area contributed by atoms with Crippen LogP contribution in [0, 0.1) is 0 Å². The first-order chi connectivity index (χ1) is 9.72. The molecule has 1 rings (SSSR count). The molecule has 0 fully saturated rings. The third-order valence-corrected chi connectivity index (χ3v) is 4.26. The molecular weight excluding hydrogens is 262 g/mol. The minimum atomic E-state index is -0.245. The highest BCUT2D eigenvalue weighted by molar-refractivity contribution is 5.89. The second-order valence-electron chi connectivity index (χ2n) is 6.88. The molecule has 3 nitrogen and oxygen atoms in total. The van der Waals surface area contributed by atoms with E-state index in [0.717, 1.165) is 12.8 Å². The second-order valence-corrected chi connectivity index (χ2v) is 6.88. The molecule has 0 aromatic heterocycles. The van der Waals surface area contributed by atoms with E-state index in [4.69, 9.17) is 4.74 Å². The molecular formula is C18H29NO2. The van der Waals surface area contributed by atoms with Crippen LogP contribution in [0.25, 0.3) is 0 Å². The van der Waals surface area contributed by atoms with Crippen molar-refractivity contribution in [2.24, 2.45) is 0 Å². The maximum atomic E-state index is 12.0. The maximum Gasteiger partial charge on any atom is 0.338 e. The van der Waals surface area contributed by atoms with E-state index in [1.54, 1.807) is 0 Å². The average molecular weight is 291 g/mol. The molecule has 0 bridgehead atoms. The van der Waals surface area contributed by atoms with Crippen molar-refractivity contribution in [2.45, 2.75) is 58.4 Å². The third kappa shape index (κ3) is 5.16. The molecule has 1 aromatic rings. The van der Waals surface area contributed by atoms with Gasteiger partial charge in [0.15, 0.2) is 0 Å². The number of hydrogen-bond acceptors (Lipinski definition) is 3. The fourth-order valence-corrected chi connectivity index (χ4v) is 2.04. The molecule has 1 aromatic carbocycles. The fraction of sp³-hybridized carbons (Fsp3) is 0.611. The number of hydrogen-bond donors (Lipinski definition) is 1. The van der Waals surface area contributed by atoms with Crippen molar-refractivity contribution in [1.29, 1.82) is 0 Å². The van der Waals surface area contributed by atoms with Crippen LogP contribution in [-0.2, 0) is 10.2 Å². The Morgan fingerprint density at radius 1 is 1.14 bits per heavy atom. The van der Waals surface area contributed by atoms with Crippen LogP contribution in [0.3, 0.4) is 0 Å². The summed E-state index contributed by atoms with van der Waals surface area (Å²) in [5.74, 6) is -0.245. The first kappa shape index (κ1) is 17.7. The lowest BCUT2D eigenvalue weighted by Crippen LogP contribution is -2.40. The van der Waals surface area contributed by atoms with Gasteiger partial charge in [-0.2, -0.15) is 0 Å². The van der Waals surface area contributed by atoms with Gasteiger partial charge in [0, 0.05) is 5.54 Å². The molecule has 1 unspecified atom stereocenters. The van der Waals surface area contributed by atoms with Gasteiger partial charge in [-0.25, -0.2) is 4.79 Å². The zero-order valence-electron chi connectivity index (χ0n) is 14.2. The van der Waals surface area contributed by atoms with Crippen LogP contribution in [0.4, 0.5) is 0 Å². The molecule has 0 radical (unpaired) electrons. The predicted molar refractivity (Wildman–Crippen MR) is 87.8 cm³/mol. The van der Waals surface area contributed by atoms with Crippen molar-refractivity contribution in [2.75, 3.05) is 13.7 Å². The van der Waals surface area contributed by atoms with Crippen LogP contribution < -0.4 is 5.32 Å². The molecule has 21 heavy (non-hydrogen) atoms. The monoisotopic (exact) mass is 291 g/mol. The summed E-state index contributed by atoms with van der Waals surface area (Å²) >= 11 is 0. The van der Waals surface area contributed by atoms with Gasteiger partial charge in [0.25, 0.3) is 0 Å². The van der Waals surface area contributed by atoms with Crippen LogP contribution in [0.15, 0.2) is 24.3 Å². The summed E-state index contributed by atoms with van der Waals surface area (Å²) in [5, 5.41) is 3.27. The molecule has 0 heterocycles. The number of nitrogens with one attached hydrogen (secondary N) is 1. The standard InChI is InChI=1S/C18H29NO2/c1-7-18(5,19-6)12-13-21-16(20)14-8-10-15(11-9-14)17(2,3)4/h8-11,19H,7,12-13H2,1-6H3. The molecule has 0 saturated carbocycles. The molecule has 0 aliphatic rings. The molecule has 0 amide bonds. The molecule has 0 aliphatic heterocycles. The Morgan fingerprint density at radius 2 is 1.71 bits per heavy atom. The summed E-state index contributed by atoms with van der Waals surface area (Å²) in [4.78, 5) is 12.0. The van der Waals surface area contributed by atoms with Gasteiger partial charge in [-0.05, 0) is 49.9 Å². The summed E-state index contributed by atoms with van der Waals surface area (Å²) < 4.78 is 5.37. The lowest BCUT2D eigenvalue weighted by molar-refractivity contribution is 0.0469. The molecule has 0 spiro atoms. The molecule has 0 saturated heterocycles. The Morgan fingerprint density at radius 3 is 2.14 bits per heavy atom. The van der Waals surface area contributed by atoms with E-state index in [1.165, 1.54) is 5.56 Å². The van der Waals surface area contributed by atoms with Gasteiger partial charge in [0.1, 0.15) is 0 Å². The molecule has 0 aliphatic carbocycles.